The first-order valence-corrected chi connectivity index (χ1v) is 11.8. The molecule has 3 aromatic rings. The number of esters is 1. The molecule has 0 atom stereocenters. The molecule has 1 amide bonds. The largest absolute Gasteiger partial charge is 0.468 e. The van der Waals surface area contributed by atoms with Crippen LogP contribution in [0.15, 0.2) is 58.4 Å². The average molecular weight is 447 g/mol. The van der Waals surface area contributed by atoms with Crippen LogP contribution in [-0.2, 0) is 30.7 Å². The highest BCUT2D eigenvalue weighted by molar-refractivity contribution is 7.91. The number of benzene rings is 2. The summed E-state index contributed by atoms with van der Waals surface area (Å²) in [5, 5.41) is 0. The number of methoxy groups -OCH3 is 1. The van der Waals surface area contributed by atoms with Crippen LogP contribution in [0.1, 0.15) is 18.4 Å². The van der Waals surface area contributed by atoms with Gasteiger partial charge < -0.3 is 9.30 Å². The quantitative estimate of drug-likeness (QED) is 0.520. The normalized spacial score (nSPS) is 12.3. The minimum Gasteiger partial charge on any atom is -0.468 e. The summed E-state index contributed by atoms with van der Waals surface area (Å²) in [5.74, 6) is -1.01. The number of carbonyl (C=O) groups is 2. The molecule has 30 heavy (non-hydrogen) atoms. The molecule has 0 fully saturated rings. The third kappa shape index (κ3) is 5.22. The van der Waals surface area contributed by atoms with Crippen LogP contribution >= 0.6 is 11.3 Å². The molecule has 158 valence electrons. The maximum Gasteiger partial charge on any atom is 0.325 e. The van der Waals surface area contributed by atoms with Gasteiger partial charge in [0.1, 0.15) is 6.54 Å². The second kappa shape index (κ2) is 9.36. The Morgan fingerprint density at radius 3 is 2.50 bits per heavy atom. The molecule has 0 bridgehead atoms. The van der Waals surface area contributed by atoms with Gasteiger partial charge in [-0.25, -0.2) is 8.42 Å². The van der Waals surface area contributed by atoms with E-state index in [4.69, 9.17) is 4.74 Å². The number of aryl methyl sites for hydroxylation is 1. The Balaban J connectivity index is 1.75. The summed E-state index contributed by atoms with van der Waals surface area (Å²) < 4.78 is 32.1. The molecule has 0 aliphatic heterocycles. The van der Waals surface area contributed by atoms with Gasteiger partial charge in [-0.3, -0.25) is 9.59 Å². The Morgan fingerprint density at radius 2 is 1.80 bits per heavy atom. The van der Waals surface area contributed by atoms with Crippen molar-refractivity contribution in [3.8, 4) is 0 Å². The number of aromatic nitrogens is 1. The standard InChI is InChI=1S/C21H22N2O5S2/c1-15-9-11-16(12-10-15)30(26,27)13-5-8-19(24)22-21-23(14-20(25)28-2)17-6-3-4-7-18(17)29-21/h3-4,6-7,9-12H,5,8,13-14H2,1-2H3. The molecule has 0 saturated carbocycles. The predicted octanol–water partition coefficient (Wildman–Crippen LogP) is 2.87. The second-order valence-corrected chi connectivity index (χ2v) is 9.87. The van der Waals surface area contributed by atoms with Crippen molar-refractivity contribution in [3.05, 3.63) is 58.9 Å². The Kier molecular flexibility index (Phi) is 6.84. The average Bonchev–Trinajstić information content (AvgIpc) is 3.05. The molecule has 7 nitrogen and oxygen atoms in total. The van der Waals surface area contributed by atoms with Crippen LogP contribution in [0.5, 0.6) is 0 Å². The summed E-state index contributed by atoms with van der Waals surface area (Å²) in [4.78, 5) is 28.9. The van der Waals surface area contributed by atoms with E-state index in [1.54, 1.807) is 28.8 Å². The number of para-hydroxylation sites is 1. The molecule has 1 heterocycles. The van der Waals surface area contributed by atoms with E-state index in [-0.39, 0.29) is 30.0 Å². The van der Waals surface area contributed by atoms with Crippen molar-refractivity contribution in [2.45, 2.75) is 31.2 Å². The Hall–Kier alpha value is -2.78. The number of fused-ring (bicyclic) bond motifs is 1. The van der Waals surface area contributed by atoms with E-state index >= 15 is 0 Å². The monoisotopic (exact) mass is 446 g/mol. The van der Waals surface area contributed by atoms with E-state index in [1.807, 2.05) is 31.2 Å². The number of nitrogens with zero attached hydrogens (tertiary/aromatic N) is 2. The zero-order chi connectivity index (χ0) is 21.7. The minimum absolute atomic E-state index is 0.00242. The zero-order valence-corrected chi connectivity index (χ0v) is 18.3. The highest BCUT2D eigenvalue weighted by Crippen LogP contribution is 2.17. The first kappa shape index (κ1) is 21.9. The Labute approximate surface area is 178 Å². The van der Waals surface area contributed by atoms with Gasteiger partial charge in [0, 0.05) is 6.42 Å². The van der Waals surface area contributed by atoms with Crippen LogP contribution in [-0.4, -0.2) is 37.7 Å². The van der Waals surface area contributed by atoms with Crippen LogP contribution in [0.2, 0.25) is 0 Å². The number of amides is 1. The molecular formula is C21H22N2O5S2. The highest BCUT2D eigenvalue weighted by atomic mass is 32.2. The van der Waals surface area contributed by atoms with Crippen molar-refractivity contribution in [2.75, 3.05) is 12.9 Å². The first-order chi connectivity index (χ1) is 14.3. The van der Waals surface area contributed by atoms with E-state index in [1.165, 1.54) is 18.4 Å². The molecule has 0 N–H and O–H groups in total. The Bertz CT molecular complexity index is 1240. The smallest absolute Gasteiger partial charge is 0.325 e. The third-order valence-electron chi connectivity index (χ3n) is 4.51. The van der Waals surface area contributed by atoms with Gasteiger partial charge in [-0.15, -0.1) is 0 Å². The fourth-order valence-electron chi connectivity index (χ4n) is 2.89. The number of sulfone groups is 1. The van der Waals surface area contributed by atoms with Gasteiger partial charge in [0.15, 0.2) is 14.6 Å². The lowest BCUT2D eigenvalue weighted by Gasteiger charge is -2.04. The molecule has 3 rings (SSSR count). The zero-order valence-electron chi connectivity index (χ0n) is 16.7. The molecule has 0 unspecified atom stereocenters. The van der Waals surface area contributed by atoms with Gasteiger partial charge in [0.05, 0.1) is 28.0 Å². The maximum absolute atomic E-state index is 12.4. The number of hydrogen-bond acceptors (Lipinski definition) is 6. The molecular weight excluding hydrogens is 424 g/mol. The summed E-state index contributed by atoms with van der Waals surface area (Å²) in [6.07, 6.45) is 0.165. The van der Waals surface area contributed by atoms with Crippen LogP contribution in [0.3, 0.4) is 0 Å². The highest BCUT2D eigenvalue weighted by Gasteiger charge is 2.15. The molecule has 2 aromatic carbocycles. The van der Waals surface area contributed by atoms with E-state index in [0.717, 1.165) is 15.8 Å². The van der Waals surface area contributed by atoms with E-state index < -0.39 is 21.7 Å². The lowest BCUT2D eigenvalue weighted by molar-refractivity contribution is -0.141. The summed E-state index contributed by atoms with van der Waals surface area (Å²) in [6.45, 7) is 1.82. The van der Waals surface area contributed by atoms with E-state index in [2.05, 4.69) is 4.99 Å². The molecule has 9 heteroatoms. The third-order valence-corrected chi connectivity index (χ3v) is 7.38. The van der Waals surface area contributed by atoms with Crippen LogP contribution in [0.25, 0.3) is 10.2 Å². The number of thiazole rings is 1. The maximum atomic E-state index is 12.4. The van der Waals surface area contributed by atoms with E-state index in [9.17, 15) is 18.0 Å². The van der Waals surface area contributed by atoms with Gasteiger partial charge in [0.2, 0.25) is 5.91 Å². The van der Waals surface area contributed by atoms with Gasteiger partial charge in [-0.1, -0.05) is 41.2 Å². The van der Waals surface area contributed by atoms with Crippen molar-refractivity contribution < 1.29 is 22.7 Å². The lowest BCUT2D eigenvalue weighted by Crippen LogP contribution is -2.22. The molecule has 0 spiro atoms. The summed E-state index contributed by atoms with van der Waals surface area (Å²) in [7, 11) is -2.15. The summed E-state index contributed by atoms with van der Waals surface area (Å²) >= 11 is 1.29. The SMILES string of the molecule is COC(=O)Cn1c(=NC(=O)CCCS(=O)(=O)c2ccc(C)cc2)sc2ccccc21. The van der Waals surface area contributed by atoms with Gasteiger partial charge in [-0.05, 0) is 37.6 Å². The lowest BCUT2D eigenvalue weighted by atomic mass is 10.2. The first-order valence-electron chi connectivity index (χ1n) is 9.32. The minimum atomic E-state index is -3.45. The Morgan fingerprint density at radius 1 is 1.10 bits per heavy atom. The molecule has 1 aromatic heterocycles. The summed E-state index contributed by atoms with van der Waals surface area (Å²) in [5.41, 5.74) is 1.76. The molecule has 0 radical (unpaired) electrons. The molecule has 0 aliphatic rings. The number of hydrogen-bond donors (Lipinski definition) is 0. The topological polar surface area (TPSA) is 94.8 Å². The number of carbonyl (C=O) groups excluding carboxylic acids is 2. The van der Waals surface area contributed by atoms with Crippen molar-refractivity contribution in [2.24, 2.45) is 4.99 Å². The van der Waals surface area contributed by atoms with Crippen LogP contribution in [0, 0.1) is 6.92 Å². The summed E-state index contributed by atoms with van der Waals surface area (Å²) in [6, 6.07) is 14.1. The van der Waals surface area contributed by atoms with Crippen molar-refractivity contribution in [3.63, 3.8) is 0 Å². The number of ether oxygens (including phenoxy) is 1. The van der Waals surface area contributed by atoms with Crippen molar-refractivity contribution in [1.29, 1.82) is 0 Å². The van der Waals surface area contributed by atoms with Gasteiger partial charge in [0.25, 0.3) is 0 Å². The van der Waals surface area contributed by atoms with Crippen molar-refractivity contribution in [1.82, 2.24) is 4.57 Å². The van der Waals surface area contributed by atoms with Gasteiger partial charge >= 0.3 is 5.97 Å². The van der Waals surface area contributed by atoms with Crippen molar-refractivity contribution >= 4 is 43.3 Å². The van der Waals surface area contributed by atoms with Gasteiger partial charge in [-0.2, -0.15) is 4.99 Å². The van der Waals surface area contributed by atoms with Crippen LogP contribution in [0.4, 0.5) is 0 Å². The fourth-order valence-corrected chi connectivity index (χ4v) is 5.25. The second-order valence-electron chi connectivity index (χ2n) is 6.76. The van der Waals surface area contributed by atoms with Crippen LogP contribution < -0.4 is 4.80 Å². The molecule has 0 saturated heterocycles. The number of rotatable bonds is 7. The fraction of sp³-hybridized carbons (Fsp3) is 0.286. The van der Waals surface area contributed by atoms with E-state index in [0.29, 0.717) is 4.80 Å². The molecule has 0 aliphatic carbocycles. The predicted molar refractivity (Wildman–Crippen MR) is 115 cm³/mol.